The summed E-state index contributed by atoms with van der Waals surface area (Å²) in [6.07, 6.45) is 0. The van der Waals surface area contributed by atoms with Crippen LogP contribution in [0.2, 0.25) is 0 Å². The highest BCUT2D eigenvalue weighted by molar-refractivity contribution is 5.97. The highest BCUT2D eigenvalue weighted by Gasteiger charge is 2.36. The summed E-state index contributed by atoms with van der Waals surface area (Å²) >= 11 is 0. The van der Waals surface area contributed by atoms with Crippen LogP contribution in [0.15, 0.2) is 22.7 Å². The molecule has 1 aliphatic rings. The van der Waals surface area contributed by atoms with E-state index >= 15 is 0 Å². The van der Waals surface area contributed by atoms with E-state index in [1.165, 1.54) is 11.8 Å². The van der Waals surface area contributed by atoms with E-state index in [1.54, 1.807) is 6.92 Å². The van der Waals surface area contributed by atoms with Crippen molar-refractivity contribution in [3.8, 4) is 11.3 Å². The number of amides is 2. The van der Waals surface area contributed by atoms with E-state index in [0.29, 0.717) is 0 Å². The Balaban J connectivity index is 1.93. The van der Waals surface area contributed by atoms with Crippen LogP contribution in [-0.2, 0) is 4.79 Å². The molecule has 0 radical (unpaired) electrons. The summed E-state index contributed by atoms with van der Waals surface area (Å²) in [5.41, 5.74) is -0.714. The van der Waals surface area contributed by atoms with Gasteiger partial charge < -0.3 is 14.7 Å². The van der Waals surface area contributed by atoms with Crippen LogP contribution in [0.4, 0.5) is 13.2 Å². The van der Waals surface area contributed by atoms with Gasteiger partial charge >= 0.3 is 0 Å². The van der Waals surface area contributed by atoms with E-state index in [4.69, 9.17) is 4.52 Å². The number of benzene rings is 1. The lowest BCUT2D eigenvalue weighted by atomic mass is 10.1. The molecule has 2 unspecified atom stereocenters. The van der Waals surface area contributed by atoms with Gasteiger partial charge in [0.15, 0.2) is 11.6 Å². The number of carbonyl (C=O) groups is 2. The molecular formula is C16H14F3N3O3. The number of piperazine rings is 1. The Bertz CT molecular complexity index is 852. The Morgan fingerprint density at radius 1 is 1.28 bits per heavy atom. The van der Waals surface area contributed by atoms with Crippen molar-refractivity contribution in [2.24, 2.45) is 0 Å². The normalized spacial score (nSPS) is 20.5. The molecule has 2 heterocycles. The average Bonchev–Trinajstić information content (AvgIpc) is 2.94. The van der Waals surface area contributed by atoms with Gasteiger partial charge in [0.05, 0.1) is 0 Å². The van der Waals surface area contributed by atoms with Crippen molar-refractivity contribution in [3.63, 3.8) is 0 Å². The van der Waals surface area contributed by atoms with Crippen molar-refractivity contribution in [3.05, 3.63) is 41.3 Å². The molecule has 2 amide bonds. The predicted octanol–water partition coefficient (Wildman–Crippen LogP) is 2.11. The van der Waals surface area contributed by atoms with Crippen LogP contribution in [0.3, 0.4) is 0 Å². The molecule has 1 saturated heterocycles. The summed E-state index contributed by atoms with van der Waals surface area (Å²) in [6, 6.07) is 1.56. The van der Waals surface area contributed by atoms with Gasteiger partial charge in [-0.15, -0.1) is 0 Å². The molecule has 0 saturated carbocycles. The fourth-order valence-electron chi connectivity index (χ4n) is 2.63. The topological polar surface area (TPSA) is 75.4 Å². The number of nitrogens with one attached hydrogen (secondary N) is 1. The van der Waals surface area contributed by atoms with Crippen molar-refractivity contribution in [2.45, 2.75) is 25.9 Å². The molecule has 2 atom stereocenters. The number of nitrogens with zero attached hydrogens (tertiary/aromatic N) is 2. The molecule has 2 aromatic rings. The number of carbonyl (C=O) groups excluding carboxylic acids is 2. The Hall–Kier alpha value is -2.84. The van der Waals surface area contributed by atoms with Gasteiger partial charge in [0, 0.05) is 18.2 Å². The molecule has 3 rings (SSSR count). The van der Waals surface area contributed by atoms with Gasteiger partial charge in [-0.2, -0.15) is 4.39 Å². The van der Waals surface area contributed by atoms with Crippen LogP contribution in [0.5, 0.6) is 0 Å². The minimum atomic E-state index is -1.18. The highest BCUT2D eigenvalue weighted by atomic mass is 19.2. The first-order chi connectivity index (χ1) is 11.8. The summed E-state index contributed by atoms with van der Waals surface area (Å²) in [5.74, 6) is -5.04. The SMILES string of the molecule is CC1CN(C(=O)c2noc(-c3ccc(F)c(F)c3)c2F)C(C)C(=O)N1. The average molecular weight is 353 g/mol. The number of hydrogen-bond acceptors (Lipinski definition) is 4. The second-order valence-corrected chi connectivity index (χ2v) is 5.85. The van der Waals surface area contributed by atoms with E-state index in [9.17, 15) is 22.8 Å². The van der Waals surface area contributed by atoms with Gasteiger partial charge in [0.2, 0.25) is 23.2 Å². The first-order valence-electron chi connectivity index (χ1n) is 7.51. The number of hydrogen-bond donors (Lipinski definition) is 1. The quantitative estimate of drug-likeness (QED) is 0.897. The third-order valence-corrected chi connectivity index (χ3v) is 3.99. The van der Waals surface area contributed by atoms with E-state index < -0.39 is 40.9 Å². The standard InChI is InChI=1S/C16H14F3N3O3/c1-7-6-22(8(2)15(23)20-7)16(24)13-12(19)14(25-21-13)9-3-4-10(17)11(18)5-9/h3-5,7-8H,6H2,1-2H3,(H,20,23). The van der Waals surface area contributed by atoms with Crippen molar-refractivity contribution < 1.29 is 27.3 Å². The highest BCUT2D eigenvalue weighted by Crippen LogP contribution is 2.27. The molecule has 1 N–H and O–H groups in total. The predicted molar refractivity (Wildman–Crippen MR) is 79.9 cm³/mol. The van der Waals surface area contributed by atoms with Gasteiger partial charge in [-0.05, 0) is 32.0 Å². The number of halogens is 3. The maximum absolute atomic E-state index is 14.6. The van der Waals surface area contributed by atoms with Gasteiger partial charge in [-0.25, -0.2) is 8.78 Å². The molecule has 1 fully saturated rings. The Labute approximate surface area is 140 Å². The summed E-state index contributed by atoms with van der Waals surface area (Å²) < 4.78 is 45.7. The maximum atomic E-state index is 14.6. The Kier molecular flexibility index (Phi) is 4.23. The molecule has 1 aliphatic heterocycles. The van der Waals surface area contributed by atoms with Crippen molar-refractivity contribution in [1.29, 1.82) is 0 Å². The van der Waals surface area contributed by atoms with Gasteiger partial charge in [0.1, 0.15) is 6.04 Å². The molecule has 1 aromatic heterocycles. The molecule has 132 valence electrons. The summed E-state index contributed by atoms with van der Waals surface area (Å²) in [4.78, 5) is 25.5. The fraction of sp³-hybridized carbons (Fsp3) is 0.312. The van der Waals surface area contributed by atoms with Crippen LogP contribution < -0.4 is 5.32 Å². The third kappa shape index (κ3) is 2.97. The third-order valence-electron chi connectivity index (χ3n) is 3.99. The lowest BCUT2D eigenvalue weighted by molar-refractivity contribution is -0.128. The van der Waals surface area contributed by atoms with E-state index in [0.717, 1.165) is 18.2 Å². The van der Waals surface area contributed by atoms with Crippen LogP contribution in [0.25, 0.3) is 11.3 Å². The molecule has 1 aromatic carbocycles. The molecule has 9 heteroatoms. The minimum absolute atomic E-state index is 0.0965. The Morgan fingerprint density at radius 2 is 2.00 bits per heavy atom. The smallest absolute Gasteiger partial charge is 0.279 e. The van der Waals surface area contributed by atoms with Crippen molar-refractivity contribution in [1.82, 2.24) is 15.4 Å². The molecule has 25 heavy (non-hydrogen) atoms. The van der Waals surface area contributed by atoms with Crippen molar-refractivity contribution >= 4 is 11.8 Å². The summed E-state index contributed by atoms with van der Waals surface area (Å²) in [5, 5.41) is 6.09. The molecule has 0 bridgehead atoms. The lowest BCUT2D eigenvalue weighted by Crippen LogP contribution is -2.59. The maximum Gasteiger partial charge on any atom is 0.279 e. The van der Waals surface area contributed by atoms with Crippen LogP contribution in [0, 0.1) is 17.5 Å². The van der Waals surface area contributed by atoms with Crippen LogP contribution >= 0.6 is 0 Å². The first-order valence-corrected chi connectivity index (χ1v) is 7.51. The largest absolute Gasteiger partial charge is 0.352 e. The van der Waals surface area contributed by atoms with Crippen LogP contribution in [0.1, 0.15) is 24.3 Å². The second-order valence-electron chi connectivity index (χ2n) is 5.85. The van der Waals surface area contributed by atoms with Gasteiger partial charge in [-0.1, -0.05) is 5.16 Å². The first kappa shape index (κ1) is 17.0. The summed E-state index contributed by atoms with van der Waals surface area (Å²) in [7, 11) is 0. The zero-order chi connectivity index (χ0) is 18.3. The van der Waals surface area contributed by atoms with Gasteiger partial charge in [-0.3, -0.25) is 9.59 Å². The summed E-state index contributed by atoms with van der Waals surface area (Å²) in [6.45, 7) is 3.39. The lowest BCUT2D eigenvalue weighted by Gasteiger charge is -2.35. The molecule has 0 aliphatic carbocycles. The second kappa shape index (κ2) is 6.23. The molecule has 6 nitrogen and oxygen atoms in total. The zero-order valence-corrected chi connectivity index (χ0v) is 13.3. The van der Waals surface area contributed by atoms with Crippen LogP contribution in [-0.4, -0.2) is 40.5 Å². The number of aromatic nitrogens is 1. The minimum Gasteiger partial charge on any atom is -0.352 e. The zero-order valence-electron chi connectivity index (χ0n) is 13.3. The molecule has 0 spiro atoms. The monoisotopic (exact) mass is 353 g/mol. The fourth-order valence-corrected chi connectivity index (χ4v) is 2.63. The van der Waals surface area contributed by atoms with E-state index in [1.807, 2.05) is 0 Å². The van der Waals surface area contributed by atoms with E-state index in [2.05, 4.69) is 10.5 Å². The van der Waals surface area contributed by atoms with Crippen molar-refractivity contribution in [2.75, 3.05) is 6.54 Å². The number of rotatable bonds is 2. The van der Waals surface area contributed by atoms with Gasteiger partial charge in [0.25, 0.3) is 5.91 Å². The Morgan fingerprint density at radius 3 is 2.68 bits per heavy atom. The van der Waals surface area contributed by atoms with E-state index in [-0.39, 0.29) is 24.1 Å². The molecular weight excluding hydrogens is 339 g/mol.